The Balaban J connectivity index is 1.71. The fraction of sp³-hybridized carbons (Fsp3) is 0.417. The van der Waals surface area contributed by atoms with Gasteiger partial charge in [0.05, 0.1) is 32.0 Å². The molecule has 0 saturated carbocycles. The summed E-state index contributed by atoms with van der Waals surface area (Å²) in [6, 6.07) is 8.59. The van der Waals surface area contributed by atoms with Crippen molar-refractivity contribution in [1.82, 2.24) is 4.90 Å². The second kappa shape index (κ2) is 10.7. The topological polar surface area (TPSA) is 80.3 Å². The van der Waals surface area contributed by atoms with Crippen LogP contribution in [0.1, 0.15) is 24.2 Å². The molecule has 1 aliphatic rings. The van der Waals surface area contributed by atoms with Crippen LogP contribution in [0.2, 0.25) is 5.02 Å². The van der Waals surface area contributed by atoms with Gasteiger partial charge in [-0.2, -0.15) is 0 Å². The molecule has 0 aliphatic carbocycles. The fourth-order valence-corrected chi connectivity index (χ4v) is 4.09. The highest BCUT2D eigenvalue weighted by Crippen LogP contribution is 2.38. The number of carbonyl (C=O) groups is 2. The first kappa shape index (κ1) is 24.5. The summed E-state index contributed by atoms with van der Waals surface area (Å²) in [5, 5.41) is 3.39. The van der Waals surface area contributed by atoms with Crippen LogP contribution in [0.5, 0.6) is 17.2 Å². The van der Waals surface area contributed by atoms with Crippen molar-refractivity contribution >= 4 is 34.8 Å². The molecule has 3 rings (SSSR count). The zero-order chi connectivity index (χ0) is 24.1. The maximum atomic E-state index is 12.8. The molecule has 0 unspecified atom stereocenters. The molecule has 1 N–H and O–H groups in total. The number of amides is 2. The van der Waals surface area contributed by atoms with Crippen molar-refractivity contribution in [3.05, 3.63) is 40.9 Å². The van der Waals surface area contributed by atoms with Gasteiger partial charge in [-0.05, 0) is 30.3 Å². The molecule has 2 aromatic rings. The summed E-state index contributed by atoms with van der Waals surface area (Å²) >= 11 is 6.55. The standard InChI is InChI=1S/C24H30ClN3O5/c1-15(2)24(30)28-10-8-27(9-11-28)19-7-6-17(14-18(19)25)26-23(29)16-12-20(31-3)22(33-5)21(13-16)32-4/h6-7,12-15H,8-11H2,1-5H3,(H,26,29). The Kier molecular flexibility index (Phi) is 7.92. The quantitative estimate of drug-likeness (QED) is 0.653. The molecule has 0 radical (unpaired) electrons. The smallest absolute Gasteiger partial charge is 0.255 e. The predicted octanol–water partition coefficient (Wildman–Crippen LogP) is 3.92. The van der Waals surface area contributed by atoms with E-state index in [1.165, 1.54) is 21.3 Å². The van der Waals surface area contributed by atoms with Crippen LogP contribution in [0.15, 0.2) is 30.3 Å². The highest BCUT2D eigenvalue weighted by Gasteiger charge is 2.24. The molecule has 1 aliphatic heterocycles. The number of nitrogens with one attached hydrogen (secondary N) is 1. The second-order valence-corrected chi connectivity index (χ2v) is 8.41. The first-order valence-corrected chi connectivity index (χ1v) is 11.1. The zero-order valence-corrected chi connectivity index (χ0v) is 20.4. The third-order valence-electron chi connectivity index (χ3n) is 5.56. The average Bonchev–Trinajstić information content (AvgIpc) is 2.82. The number of halogens is 1. The number of methoxy groups -OCH3 is 3. The van der Waals surface area contributed by atoms with E-state index in [1.54, 1.807) is 18.2 Å². The molecule has 178 valence electrons. The van der Waals surface area contributed by atoms with Gasteiger partial charge >= 0.3 is 0 Å². The van der Waals surface area contributed by atoms with E-state index < -0.39 is 0 Å². The van der Waals surface area contributed by atoms with E-state index in [-0.39, 0.29) is 17.7 Å². The van der Waals surface area contributed by atoms with E-state index in [0.29, 0.717) is 59.7 Å². The van der Waals surface area contributed by atoms with Crippen LogP contribution in [0.3, 0.4) is 0 Å². The molecule has 2 aromatic carbocycles. The number of ether oxygens (including phenoxy) is 3. The van der Waals surface area contributed by atoms with E-state index in [1.807, 2.05) is 30.9 Å². The molecular weight excluding hydrogens is 446 g/mol. The van der Waals surface area contributed by atoms with Crippen molar-refractivity contribution < 1.29 is 23.8 Å². The largest absolute Gasteiger partial charge is 0.493 e. The molecule has 1 heterocycles. The molecular formula is C24H30ClN3O5. The number of nitrogens with zero attached hydrogens (tertiary/aromatic N) is 2. The van der Waals surface area contributed by atoms with Crippen LogP contribution in [0.4, 0.5) is 11.4 Å². The predicted molar refractivity (Wildman–Crippen MR) is 129 cm³/mol. The Labute approximate surface area is 199 Å². The molecule has 9 heteroatoms. The molecule has 1 fully saturated rings. The number of rotatable bonds is 7. The number of piperazine rings is 1. The summed E-state index contributed by atoms with van der Waals surface area (Å²) in [4.78, 5) is 29.1. The number of anilines is 2. The lowest BCUT2D eigenvalue weighted by molar-refractivity contribution is -0.134. The summed E-state index contributed by atoms with van der Waals surface area (Å²) in [6.07, 6.45) is 0. The minimum Gasteiger partial charge on any atom is -0.493 e. The summed E-state index contributed by atoms with van der Waals surface area (Å²) in [5.41, 5.74) is 1.80. The van der Waals surface area contributed by atoms with Gasteiger partial charge in [0.1, 0.15) is 0 Å². The third kappa shape index (κ3) is 5.45. The third-order valence-corrected chi connectivity index (χ3v) is 5.86. The van der Waals surface area contributed by atoms with Crippen LogP contribution in [0, 0.1) is 5.92 Å². The molecule has 0 bridgehead atoms. The van der Waals surface area contributed by atoms with Gasteiger partial charge in [0.15, 0.2) is 11.5 Å². The highest BCUT2D eigenvalue weighted by molar-refractivity contribution is 6.33. The molecule has 33 heavy (non-hydrogen) atoms. The summed E-state index contributed by atoms with van der Waals surface area (Å²) in [7, 11) is 4.50. The Bertz CT molecular complexity index is 994. The van der Waals surface area contributed by atoms with Gasteiger partial charge in [0.2, 0.25) is 11.7 Å². The van der Waals surface area contributed by atoms with Gasteiger partial charge in [-0.1, -0.05) is 25.4 Å². The first-order valence-electron chi connectivity index (χ1n) is 10.7. The molecule has 0 spiro atoms. The molecule has 0 atom stereocenters. The Morgan fingerprint density at radius 2 is 1.55 bits per heavy atom. The lowest BCUT2D eigenvalue weighted by atomic mass is 10.1. The average molecular weight is 476 g/mol. The highest BCUT2D eigenvalue weighted by atomic mass is 35.5. The van der Waals surface area contributed by atoms with E-state index in [2.05, 4.69) is 10.2 Å². The van der Waals surface area contributed by atoms with Crippen molar-refractivity contribution in [2.24, 2.45) is 5.92 Å². The molecule has 0 aromatic heterocycles. The van der Waals surface area contributed by atoms with Crippen molar-refractivity contribution in [2.45, 2.75) is 13.8 Å². The van der Waals surface area contributed by atoms with Crippen LogP contribution in [-0.4, -0.2) is 64.2 Å². The number of hydrogen-bond donors (Lipinski definition) is 1. The zero-order valence-electron chi connectivity index (χ0n) is 19.6. The molecule has 8 nitrogen and oxygen atoms in total. The van der Waals surface area contributed by atoms with Gasteiger partial charge in [0.25, 0.3) is 5.91 Å². The van der Waals surface area contributed by atoms with E-state index in [4.69, 9.17) is 25.8 Å². The van der Waals surface area contributed by atoms with Crippen molar-refractivity contribution in [1.29, 1.82) is 0 Å². The van der Waals surface area contributed by atoms with Gasteiger partial charge in [-0.25, -0.2) is 0 Å². The number of hydrogen-bond acceptors (Lipinski definition) is 6. The van der Waals surface area contributed by atoms with Crippen LogP contribution in [-0.2, 0) is 4.79 Å². The van der Waals surface area contributed by atoms with Crippen LogP contribution in [0.25, 0.3) is 0 Å². The van der Waals surface area contributed by atoms with Gasteiger partial charge < -0.3 is 29.3 Å². The van der Waals surface area contributed by atoms with Crippen molar-refractivity contribution in [3.8, 4) is 17.2 Å². The maximum Gasteiger partial charge on any atom is 0.255 e. The van der Waals surface area contributed by atoms with Gasteiger partial charge in [-0.15, -0.1) is 0 Å². The molecule has 2 amide bonds. The normalized spacial score (nSPS) is 13.7. The first-order chi connectivity index (χ1) is 15.8. The van der Waals surface area contributed by atoms with Crippen molar-refractivity contribution in [2.75, 3.05) is 57.7 Å². The minimum absolute atomic E-state index is 0.00586. The Hall–Kier alpha value is -3.13. The Morgan fingerprint density at radius 3 is 2.03 bits per heavy atom. The summed E-state index contributed by atoms with van der Waals surface area (Å²) in [6.45, 7) is 6.55. The monoisotopic (exact) mass is 475 g/mol. The summed E-state index contributed by atoms with van der Waals surface area (Å²) < 4.78 is 15.9. The van der Waals surface area contributed by atoms with Gasteiger partial charge in [0, 0.05) is 43.3 Å². The van der Waals surface area contributed by atoms with Crippen molar-refractivity contribution in [3.63, 3.8) is 0 Å². The lowest BCUT2D eigenvalue weighted by Gasteiger charge is -2.37. The second-order valence-electron chi connectivity index (χ2n) is 8.00. The lowest BCUT2D eigenvalue weighted by Crippen LogP contribution is -2.50. The van der Waals surface area contributed by atoms with E-state index in [9.17, 15) is 9.59 Å². The van der Waals surface area contributed by atoms with E-state index >= 15 is 0 Å². The van der Waals surface area contributed by atoms with Crippen LogP contribution >= 0.6 is 11.6 Å². The maximum absolute atomic E-state index is 12.8. The molecule has 1 saturated heterocycles. The summed E-state index contributed by atoms with van der Waals surface area (Å²) in [5.74, 6) is 1.04. The van der Waals surface area contributed by atoms with Gasteiger partial charge in [-0.3, -0.25) is 9.59 Å². The Morgan fingerprint density at radius 1 is 0.939 bits per heavy atom. The van der Waals surface area contributed by atoms with E-state index in [0.717, 1.165) is 5.69 Å². The minimum atomic E-state index is -0.334. The fourth-order valence-electron chi connectivity index (χ4n) is 3.79. The van der Waals surface area contributed by atoms with Crippen LogP contribution < -0.4 is 24.4 Å². The number of benzene rings is 2. The number of carbonyl (C=O) groups excluding carboxylic acids is 2. The SMILES string of the molecule is COc1cc(C(=O)Nc2ccc(N3CCN(C(=O)C(C)C)CC3)c(Cl)c2)cc(OC)c1OC.